The smallest absolute Gasteiger partial charge is 0.242 e. The van der Waals surface area contributed by atoms with E-state index < -0.39 is 6.98 Å². The molecule has 0 unspecified atom stereocenters. The lowest BCUT2D eigenvalue weighted by Gasteiger charge is -1.82. The fourth-order valence-electron chi connectivity index (χ4n) is 1.01. The molecular weight excluding hydrogens is 124 g/mol. The zero-order valence-electron chi connectivity index (χ0n) is 8.33. The van der Waals surface area contributed by atoms with Crippen molar-refractivity contribution >= 4 is 11.0 Å². The molecule has 0 spiro atoms. The number of hydrogen-bond donors (Lipinski definition) is 1. The molecule has 2 heteroatoms. The van der Waals surface area contributed by atoms with Gasteiger partial charge in [0.2, 0.25) is 6.33 Å². The standard InChI is InChI=1S/C8H8N2/c1-10-6-9-7-4-2-3-5-8(7)10/h2-6H,1H3/p+1/i1D3. The number of aryl methyl sites for hydroxylation is 1. The van der Waals surface area contributed by atoms with E-state index in [-0.39, 0.29) is 0 Å². The minimum Gasteiger partial charge on any atom is -0.243 e. The second kappa shape index (κ2) is 1.84. The van der Waals surface area contributed by atoms with Crippen LogP contribution in [0.2, 0.25) is 0 Å². The van der Waals surface area contributed by atoms with Gasteiger partial charge in [-0.2, -0.15) is 0 Å². The van der Waals surface area contributed by atoms with Gasteiger partial charge in [-0.05, 0) is 12.1 Å². The van der Waals surface area contributed by atoms with Gasteiger partial charge < -0.3 is 0 Å². The van der Waals surface area contributed by atoms with Crippen LogP contribution in [0, 0.1) is 0 Å². The maximum Gasteiger partial charge on any atom is 0.242 e. The van der Waals surface area contributed by atoms with E-state index in [0.717, 1.165) is 5.52 Å². The number of nitrogens with one attached hydrogen (secondary N) is 1. The van der Waals surface area contributed by atoms with Crippen molar-refractivity contribution < 1.29 is 8.68 Å². The molecular formula is C8H9N2+. The molecule has 1 aromatic carbocycles. The van der Waals surface area contributed by atoms with Crippen molar-refractivity contribution in [1.82, 2.24) is 4.98 Å². The Labute approximate surface area is 63.3 Å². The van der Waals surface area contributed by atoms with Crippen LogP contribution in [0.5, 0.6) is 0 Å². The Hall–Kier alpha value is -1.31. The molecule has 0 saturated heterocycles. The Bertz CT molecular complexity index is 430. The van der Waals surface area contributed by atoms with Gasteiger partial charge in [0, 0.05) is 0 Å². The molecule has 0 saturated carbocycles. The van der Waals surface area contributed by atoms with Gasteiger partial charge in [-0.3, -0.25) is 0 Å². The number of aromatic amines is 1. The van der Waals surface area contributed by atoms with E-state index in [4.69, 9.17) is 4.11 Å². The van der Waals surface area contributed by atoms with Crippen LogP contribution in [0.25, 0.3) is 11.0 Å². The first-order valence-corrected chi connectivity index (χ1v) is 3.07. The molecule has 2 nitrogen and oxygen atoms in total. The van der Waals surface area contributed by atoms with Crippen LogP contribution in [-0.2, 0) is 6.98 Å². The quantitative estimate of drug-likeness (QED) is 0.521. The van der Waals surface area contributed by atoms with Gasteiger partial charge >= 0.3 is 0 Å². The van der Waals surface area contributed by atoms with E-state index in [9.17, 15) is 0 Å². The molecule has 0 bridgehead atoms. The molecule has 1 heterocycles. The van der Waals surface area contributed by atoms with Crippen LogP contribution in [0.4, 0.5) is 0 Å². The number of para-hydroxylation sites is 2. The molecule has 0 amide bonds. The summed E-state index contributed by atoms with van der Waals surface area (Å²) in [5.41, 5.74) is 1.53. The highest BCUT2D eigenvalue weighted by Crippen LogP contribution is 2.03. The first-order chi connectivity index (χ1) is 6.09. The Morgan fingerprint density at radius 1 is 1.50 bits per heavy atom. The van der Waals surface area contributed by atoms with Gasteiger partial charge in [0.15, 0.2) is 11.0 Å². The molecule has 10 heavy (non-hydrogen) atoms. The van der Waals surface area contributed by atoms with Crippen molar-refractivity contribution in [2.75, 3.05) is 0 Å². The SMILES string of the molecule is [2H]C([2H])([2H])[n+]1c[nH]c2ccccc21. The van der Waals surface area contributed by atoms with E-state index in [2.05, 4.69) is 4.98 Å². The highest BCUT2D eigenvalue weighted by Gasteiger charge is 2.01. The number of H-pyrrole nitrogens is 1. The molecule has 2 rings (SSSR count). The molecule has 1 N–H and O–H groups in total. The van der Waals surface area contributed by atoms with E-state index >= 15 is 0 Å². The number of fused-ring (bicyclic) bond motifs is 1. The van der Waals surface area contributed by atoms with Crippen LogP contribution >= 0.6 is 0 Å². The highest BCUT2D eigenvalue weighted by molar-refractivity contribution is 5.70. The zero-order chi connectivity index (χ0) is 9.47. The molecule has 2 aromatic rings. The maximum absolute atomic E-state index is 7.25. The first kappa shape index (κ1) is 3.19. The van der Waals surface area contributed by atoms with Crippen molar-refractivity contribution in [3.05, 3.63) is 30.6 Å². The van der Waals surface area contributed by atoms with Gasteiger partial charge in [-0.25, -0.2) is 9.55 Å². The summed E-state index contributed by atoms with van der Waals surface area (Å²) in [5, 5.41) is 0. The number of imidazole rings is 1. The third-order valence-corrected chi connectivity index (χ3v) is 1.51. The van der Waals surface area contributed by atoms with Crippen molar-refractivity contribution in [2.45, 2.75) is 0 Å². The Kier molecular flexibility index (Phi) is 0.586. The minimum atomic E-state index is -2.11. The van der Waals surface area contributed by atoms with Crippen LogP contribution in [0.1, 0.15) is 4.11 Å². The molecule has 0 aliphatic heterocycles. The lowest BCUT2D eigenvalue weighted by molar-refractivity contribution is -0.644. The zero-order valence-corrected chi connectivity index (χ0v) is 5.33. The summed E-state index contributed by atoms with van der Waals surface area (Å²) in [6.07, 6.45) is 1.47. The normalized spacial score (nSPS) is 16.2. The maximum atomic E-state index is 7.25. The predicted molar refractivity (Wildman–Crippen MR) is 39.5 cm³/mol. The highest BCUT2D eigenvalue weighted by atomic mass is 15.0. The average Bonchev–Trinajstić information content (AvgIpc) is 2.45. The van der Waals surface area contributed by atoms with Crippen molar-refractivity contribution in [2.24, 2.45) is 6.98 Å². The summed E-state index contributed by atoms with van der Waals surface area (Å²) >= 11 is 0. The predicted octanol–water partition coefficient (Wildman–Crippen LogP) is 0.992. The molecule has 0 aliphatic rings. The largest absolute Gasteiger partial charge is 0.243 e. The monoisotopic (exact) mass is 136 g/mol. The number of nitrogens with zero attached hydrogens (tertiary/aromatic N) is 1. The summed E-state index contributed by atoms with van der Waals surface area (Å²) in [4.78, 5) is 2.90. The van der Waals surface area contributed by atoms with Crippen LogP contribution in [0.15, 0.2) is 30.6 Å². The molecule has 0 radical (unpaired) electrons. The Morgan fingerprint density at radius 2 is 2.40 bits per heavy atom. The summed E-state index contributed by atoms with van der Waals surface area (Å²) in [7, 11) is 0. The summed E-state index contributed by atoms with van der Waals surface area (Å²) in [6.45, 7) is -2.11. The topological polar surface area (TPSA) is 19.7 Å². The lowest BCUT2D eigenvalue weighted by atomic mass is 10.3. The second-order valence-electron chi connectivity index (χ2n) is 2.16. The van der Waals surface area contributed by atoms with E-state index in [1.54, 1.807) is 6.07 Å². The Morgan fingerprint density at radius 3 is 3.30 bits per heavy atom. The van der Waals surface area contributed by atoms with Crippen molar-refractivity contribution in [3.8, 4) is 0 Å². The van der Waals surface area contributed by atoms with Crippen LogP contribution < -0.4 is 4.57 Å². The van der Waals surface area contributed by atoms with E-state index in [0.29, 0.717) is 5.52 Å². The summed E-state index contributed by atoms with van der Waals surface area (Å²) < 4.78 is 23.0. The fourth-order valence-corrected chi connectivity index (χ4v) is 1.01. The molecule has 0 fully saturated rings. The van der Waals surface area contributed by atoms with Gasteiger partial charge in [0.05, 0.1) is 11.1 Å². The fraction of sp³-hybridized carbons (Fsp3) is 0.125. The third kappa shape index (κ3) is 0.620. The Balaban J connectivity index is 2.72. The third-order valence-electron chi connectivity index (χ3n) is 1.51. The van der Waals surface area contributed by atoms with Gasteiger partial charge in [-0.15, -0.1) is 0 Å². The second-order valence-corrected chi connectivity index (χ2v) is 2.16. The van der Waals surface area contributed by atoms with E-state index in [1.165, 1.54) is 10.9 Å². The summed E-state index contributed by atoms with van der Waals surface area (Å²) in [5.74, 6) is 0. The van der Waals surface area contributed by atoms with Crippen LogP contribution in [-0.4, -0.2) is 4.98 Å². The number of hydrogen-bond acceptors (Lipinski definition) is 0. The summed E-state index contributed by atoms with van der Waals surface area (Å²) in [6, 6.07) is 7.30. The number of aromatic nitrogens is 2. The lowest BCUT2D eigenvalue weighted by Crippen LogP contribution is -2.24. The number of rotatable bonds is 0. The van der Waals surface area contributed by atoms with E-state index in [1.807, 2.05) is 18.2 Å². The molecule has 1 aromatic heterocycles. The molecule has 0 atom stereocenters. The average molecular weight is 136 g/mol. The minimum absolute atomic E-state index is 0.697. The first-order valence-electron chi connectivity index (χ1n) is 4.57. The van der Waals surface area contributed by atoms with Gasteiger partial charge in [-0.1, -0.05) is 12.1 Å². The van der Waals surface area contributed by atoms with Gasteiger partial charge in [0.25, 0.3) is 0 Å². The van der Waals surface area contributed by atoms with Gasteiger partial charge in [0.1, 0.15) is 0 Å². The molecule has 0 aliphatic carbocycles. The van der Waals surface area contributed by atoms with Crippen LogP contribution in [0.3, 0.4) is 0 Å². The van der Waals surface area contributed by atoms with Crippen molar-refractivity contribution in [1.29, 1.82) is 0 Å². The van der Waals surface area contributed by atoms with Crippen molar-refractivity contribution in [3.63, 3.8) is 0 Å². The number of benzene rings is 1. The molecule has 50 valence electrons.